The zero-order chi connectivity index (χ0) is 28.8. The first-order valence-electron chi connectivity index (χ1n) is 12.5. The fraction of sp³-hybridized carbons (Fsp3) is 0.172. The maximum Gasteiger partial charge on any atom is 0.308 e. The van der Waals surface area contributed by atoms with Crippen LogP contribution in [-0.2, 0) is 20.9 Å². The van der Waals surface area contributed by atoms with Crippen LogP contribution in [0.5, 0.6) is 5.75 Å². The molecule has 0 saturated carbocycles. The number of nitrogens with one attached hydrogen (secondary N) is 1. The molecule has 3 aromatic carbocycles. The number of halogens is 2. The van der Waals surface area contributed by atoms with Gasteiger partial charge in [0.1, 0.15) is 17.5 Å². The van der Waals surface area contributed by atoms with Crippen LogP contribution < -0.4 is 19.8 Å². The summed E-state index contributed by atoms with van der Waals surface area (Å²) >= 11 is 11.7. The van der Waals surface area contributed by atoms with Crippen LogP contribution in [0.15, 0.2) is 87.1 Å². The largest absolute Gasteiger partial charge is 0.497 e. The van der Waals surface area contributed by atoms with Gasteiger partial charge in [0.05, 0.1) is 23.7 Å². The highest BCUT2D eigenvalue weighted by atomic mass is 79.9. The topological polar surface area (TPSA) is 97.7 Å². The lowest BCUT2D eigenvalue weighted by Gasteiger charge is -2.30. The smallest absolute Gasteiger partial charge is 0.308 e. The minimum absolute atomic E-state index is 0.241. The van der Waals surface area contributed by atoms with E-state index in [0.29, 0.717) is 32.1 Å². The molecule has 208 valence electrons. The van der Waals surface area contributed by atoms with Gasteiger partial charge in [-0.3, -0.25) is 23.7 Å². The molecular weight excluding hydrogens is 650 g/mol. The number of fused-ring (bicyclic) bond motifs is 2. The van der Waals surface area contributed by atoms with Crippen molar-refractivity contribution in [2.45, 2.75) is 22.7 Å². The molecular formula is C29H21BrClN3O5S2. The number of hydrogen-bond acceptors (Lipinski definition) is 7. The Hall–Kier alpha value is -3.38. The summed E-state index contributed by atoms with van der Waals surface area (Å²) in [5, 5.41) is 3.04. The van der Waals surface area contributed by atoms with Gasteiger partial charge in [-0.05, 0) is 66.2 Å². The van der Waals surface area contributed by atoms with Crippen LogP contribution in [0.4, 0.5) is 11.4 Å². The molecule has 2 aliphatic heterocycles. The summed E-state index contributed by atoms with van der Waals surface area (Å²) in [5.41, 5.74) is 1.79. The van der Waals surface area contributed by atoms with Gasteiger partial charge in [-0.25, -0.2) is 4.90 Å². The molecule has 1 aromatic heterocycles. The Balaban J connectivity index is 1.39. The van der Waals surface area contributed by atoms with Crippen molar-refractivity contribution in [3.8, 4) is 5.75 Å². The van der Waals surface area contributed by atoms with Crippen LogP contribution in [0, 0.1) is 5.92 Å². The number of nitrogens with zero attached hydrogens (tertiary/aromatic N) is 2. The summed E-state index contributed by atoms with van der Waals surface area (Å²) in [6.45, 7) is -0.241. The van der Waals surface area contributed by atoms with Crippen molar-refractivity contribution >= 4 is 79.7 Å². The van der Waals surface area contributed by atoms with Gasteiger partial charge < -0.3 is 10.1 Å². The number of hydrogen-bond donors (Lipinski definition) is 1. The molecule has 0 radical (unpaired) electrons. The first-order valence-corrected chi connectivity index (χ1v) is 15.3. The van der Waals surface area contributed by atoms with Crippen molar-refractivity contribution < 1.29 is 19.1 Å². The number of carbonyl (C=O) groups excluding carboxylic acids is 3. The van der Waals surface area contributed by atoms with E-state index in [1.807, 2.05) is 24.3 Å². The molecule has 8 nitrogen and oxygen atoms in total. The van der Waals surface area contributed by atoms with E-state index in [9.17, 15) is 19.2 Å². The van der Waals surface area contributed by atoms with Crippen molar-refractivity contribution in [1.29, 1.82) is 0 Å². The Morgan fingerprint density at radius 2 is 1.76 bits per heavy atom. The summed E-state index contributed by atoms with van der Waals surface area (Å²) < 4.78 is 7.36. The van der Waals surface area contributed by atoms with E-state index in [4.69, 9.17) is 16.3 Å². The second-order valence-electron chi connectivity index (χ2n) is 9.49. The quantitative estimate of drug-likeness (QED) is 0.262. The third-order valence-corrected chi connectivity index (χ3v) is 10.4. The van der Waals surface area contributed by atoms with Gasteiger partial charge >= 0.3 is 4.87 Å². The van der Waals surface area contributed by atoms with Crippen molar-refractivity contribution in [1.82, 2.24) is 4.57 Å². The van der Waals surface area contributed by atoms with E-state index >= 15 is 0 Å². The zero-order valence-electron chi connectivity index (χ0n) is 21.4. The standard InChI is InChI=1S/C29H21BrClN3O5S2/c1-39-20-11-7-18(8-12-20)32-21(35)14-33-28-25(41-29(33)38)22(15-3-2-4-16(30)13-15)23-24(40-28)27(37)34(26(23)36)19-9-5-17(31)6-10-19/h2-13,22-24H,14H2,1H3,(H,32,35)/t22-,23?,24?/m1/s1. The molecule has 41 heavy (non-hydrogen) atoms. The number of ether oxygens (including phenoxy) is 1. The molecule has 6 rings (SSSR count). The Morgan fingerprint density at radius 1 is 1.02 bits per heavy atom. The van der Waals surface area contributed by atoms with E-state index in [1.54, 1.807) is 55.6 Å². The number of carbonyl (C=O) groups is 3. The molecule has 12 heteroatoms. The summed E-state index contributed by atoms with van der Waals surface area (Å²) in [7, 11) is 1.56. The van der Waals surface area contributed by atoms with Crippen LogP contribution in [0.2, 0.25) is 5.02 Å². The molecule has 2 aliphatic rings. The highest BCUT2D eigenvalue weighted by molar-refractivity contribution is 9.10. The molecule has 1 fully saturated rings. The van der Waals surface area contributed by atoms with Crippen molar-refractivity contribution in [2.24, 2.45) is 5.92 Å². The van der Waals surface area contributed by atoms with Crippen LogP contribution in [0.1, 0.15) is 16.4 Å². The van der Waals surface area contributed by atoms with Crippen molar-refractivity contribution in [3.05, 3.63) is 102 Å². The minimum Gasteiger partial charge on any atom is -0.497 e. The number of aromatic nitrogens is 1. The Kier molecular flexibility index (Phi) is 7.54. The van der Waals surface area contributed by atoms with E-state index in [1.165, 1.54) is 21.2 Å². The second-order valence-corrected chi connectivity index (χ2v) is 13.0. The van der Waals surface area contributed by atoms with Gasteiger partial charge in [-0.15, -0.1) is 0 Å². The first kappa shape index (κ1) is 27.8. The van der Waals surface area contributed by atoms with E-state index in [2.05, 4.69) is 21.2 Å². The lowest BCUT2D eigenvalue weighted by molar-refractivity contribution is -0.122. The molecule has 1 saturated heterocycles. The molecule has 3 atom stereocenters. The molecule has 3 amide bonds. The predicted octanol–water partition coefficient (Wildman–Crippen LogP) is 5.77. The number of rotatable bonds is 6. The zero-order valence-corrected chi connectivity index (χ0v) is 25.4. The third kappa shape index (κ3) is 5.12. The fourth-order valence-corrected chi connectivity index (χ4v) is 8.49. The monoisotopic (exact) mass is 669 g/mol. The highest BCUT2D eigenvalue weighted by Gasteiger charge is 2.56. The molecule has 4 aromatic rings. The van der Waals surface area contributed by atoms with Crippen LogP contribution in [0.3, 0.4) is 0 Å². The molecule has 2 unspecified atom stereocenters. The fourth-order valence-electron chi connectivity index (χ4n) is 5.18. The van der Waals surface area contributed by atoms with Gasteiger partial charge in [-0.2, -0.15) is 0 Å². The normalized spacial score (nSPS) is 19.6. The SMILES string of the molecule is COc1ccc(NC(=O)Cn2c3c(sc2=O)[C@H](c2cccc(Br)c2)C2C(=O)N(c4ccc(Cl)cc4)C(=O)C2S3)cc1. The highest BCUT2D eigenvalue weighted by Crippen LogP contribution is 2.54. The molecule has 1 N–H and O–H groups in total. The first-order chi connectivity index (χ1) is 19.7. The molecule has 0 spiro atoms. The van der Waals surface area contributed by atoms with Gasteiger partial charge in [0.15, 0.2) is 0 Å². The van der Waals surface area contributed by atoms with Crippen molar-refractivity contribution in [3.63, 3.8) is 0 Å². The van der Waals surface area contributed by atoms with Gasteiger partial charge in [-0.1, -0.05) is 62.8 Å². The van der Waals surface area contributed by atoms with Crippen LogP contribution in [0.25, 0.3) is 0 Å². The lowest BCUT2D eigenvalue weighted by atomic mass is 9.83. The van der Waals surface area contributed by atoms with E-state index < -0.39 is 23.0 Å². The average Bonchev–Trinajstić information content (AvgIpc) is 3.40. The number of anilines is 2. The minimum atomic E-state index is -0.778. The third-order valence-electron chi connectivity index (χ3n) is 7.02. The number of imide groups is 1. The summed E-state index contributed by atoms with van der Waals surface area (Å²) in [6, 6.07) is 20.9. The summed E-state index contributed by atoms with van der Waals surface area (Å²) in [4.78, 5) is 55.6. The predicted molar refractivity (Wildman–Crippen MR) is 163 cm³/mol. The van der Waals surface area contributed by atoms with Gasteiger partial charge in [0.2, 0.25) is 17.7 Å². The van der Waals surface area contributed by atoms with Crippen LogP contribution >= 0.6 is 50.6 Å². The van der Waals surface area contributed by atoms with Crippen molar-refractivity contribution in [2.75, 3.05) is 17.3 Å². The molecule has 0 aliphatic carbocycles. The van der Waals surface area contributed by atoms with E-state index in [-0.39, 0.29) is 23.2 Å². The summed E-state index contributed by atoms with van der Waals surface area (Å²) in [5.74, 6) is -1.73. The van der Waals surface area contributed by atoms with Gasteiger partial charge in [0, 0.05) is 26.0 Å². The average molecular weight is 671 g/mol. The number of thiazole rings is 1. The Morgan fingerprint density at radius 3 is 2.44 bits per heavy atom. The lowest BCUT2D eigenvalue weighted by Crippen LogP contribution is -2.33. The van der Waals surface area contributed by atoms with E-state index in [0.717, 1.165) is 21.4 Å². The number of amides is 3. The number of thioether (sulfide) groups is 1. The molecule has 0 bridgehead atoms. The Labute approximate surface area is 256 Å². The summed E-state index contributed by atoms with van der Waals surface area (Å²) in [6.07, 6.45) is 0. The maximum atomic E-state index is 13.9. The maximum absolute atomic E-state index is 13.9. The number of methoxy groups -OCH3 is 1. The molecule has 3 heterocycles. The van der Waals surface area contributed by atoms with Gasteiger partial charge in [0.25, 0.3) is 0 Å². The Bertz CT molecular complexity index is 1740. The number of benzene rings is 3. The second kappa shape index (κ2) is 11.1. The van der Waals surface area contributed by atoms with Crippen LogP contribution in [-0.4, -0.2) is 34.6 Å².